The van der Waals surface area contributed by atoms with Gasteiger partial charge in [-0.3, -0.25) is 14.4 Å². The lowest BCUT2D eigenvalue weighted by molar-refractivity contribution is -0.138. The van der Waals surface area contributed by atoms with Crippen LogP contribution in [0.15, 0.2) is 53.0 Å². The van der Waals surface area contributed by atoms with Crippen molar-refractivity contribution < 1.29 is 23.5 Å². The highest BCUT2D eigenvalue weighted by Crippen LogP contribution is 2.28. The zero-order valence-electron chi connectivity index (χ0n) is 16.0. The number of benzene rings is 2. The molecule has 2 saturated heterocycles. The van der Waals surface area contributed by atoms with Crippen LogP contribution in [0, 0.1) is 5.82 Å². The quantitative estimate of drug-likeness (QED) is 0.722. The van der Waals surface area contributed by atoms with E-state index in [1.807, 2.05) is 0 Å². The van der Waals surface area contributed by atoms with E-state index in [1.54, 1.807) is 36.4 Å². The molecule has 156 valence electrons. The van der Waals surface area contributed by atoms with Gasteiger partial charge >= 0.3 is 0 Å². The number of ether oxygens (including phenoxy) is 1. The van der Waals surface area contributed by atoms with Crippen molar-refractivity contribution in [1.29, 1.82) is 0 Å². The number of fused-ring (bicyclic) bond motifs is 1. The van der Waals surface area contributed by atoms with E-state index in [2.05, 4.69) is 21.2 Å². The Hall–Kier alpha value is -2.58. The van der Waals surface area contributed by atoms with Crippen LogP contribution in [0.5, 0.6) is 0 Å². The van der Waals surface area contributed by atoms with Gasteiger partial charge in [0.05, 0.1) is 6.10 Å². The van der Waals surface area contributed by atoms with E-state index in [0.29, 0.717) is 24.1 Å². The highest BCUT2D eigenvalue weighted by Gasteiger charge is 2.48. The smallest absolute Gasteiger partial charge is 0.251 e. The third-order valence-electron chi connectivity index (χ3n) is 5.44. The molecule has 2 aliphatic heterocycles. The summed E-state index contributed by atoms with van der Waals surface area (Å²) in [5, 5.41) is 2.80. The first-order chi connectivity index (χ1) is 14.4. The molecule has 2 aromatic carbocycles. The molecule has 2 amide bonds. The zero-order valence-corrected chi connectivity index (χ0v) is 17.6. The minimum absolute atomic E-state index is 0.00609. The normalized spacial score (nSPS) is 21.4. The van der Waals surface area contributed by atoms with Crippen LogP contribution in [0.1, 0.15) is 22.3 Å². The average molecular weight is 475 g/mol. The van der Waals surface area contributed by atoms with E-state index in [1.165, 1.54) is 17.0 Å². The molecule has 0 radical (unpaired) electrons. The second-order valence-electron chi connectivity index (χ2n) is 7.45. The minimum atomic E-state index is -0.894. The predicted molar refractivity (Wildman–Crippen MR) is 110 cm³/mol. The summed E-state index contributed by atoms with van der Waals surface area (Å²) in [5.74, 6) is -1.24. The molecule has 0 bridgehead atoms. The van der Waals surface area contributed by atoms with Crippen molar-refractivity contribution in [1.82, 2.24) is 10.2 Å². The molecule has 0 saturated carbocycles. The van der Waals surface area contributed by atoms with Gasteiger partial charge in [-0.1, -0.05) is 34.1 Å². The highest BCUT2D eigenvalue weighted by atomic mass is 79.9. The van der Waals surface area contributed by atoms with Gasteiger partial charge in [0.1, 0.15) is 24.5 Å². The summed E-state index contributed by atoms with van der Waals surface area (Å²) in [5.41, 5.74) is 1.11. The lowest BCUT2D eigenvalue weighted by Gasteiger charge is -2.27. The van der Waals surface area contributed by atoms with Gasteiger partial charge in [0, 0.05) is 23.0 Å². The molecule has 8 heteroatoms. The maximum atomic E-state index is 13.4. The van der Waals surface area contributed by atoms with Crippen molar-refractivity contribution in [2.45, 2.75) is 31.0 Å². The Morgan fingerprint density at radius 3 is 2.73 bits per heavy atom. The van der Waals surface area contributed by atoms with E-state index < -0.39 is 18.0 Å². The fraction of sp³-hybridized carbons (Fsp3) is 0.318. The molecule has 0 aliphatic carbocycles. The predicted octanol–water partition coefficient (Wildman–Crippen LogP) is 2.50. The van der Waals surface area contributed by atoms with Gasteiger partial charge in [-0.15, -0.1) is 0 Å². The number of carbonyl (C=O) groups excluding carboxylic acids is 3. The molecule has 4 rings (SSSR count). The molecule has 30 heavy (non-hydrogen) atoms. The van der Waals surface area contributed by atoms with Crippen molar-refractivity contribution in [3.63, 3.8) is 0 Å². The topological polar surface area (TPSA) is 75.7 Å². The molecule has 2 heterocycles. The van der Waals surface area contributed by atoms with Crippen LogP contribution in [0.25, 0.3) is 0 Å². The second-order valence-corrected chi connectivity index (χ2v) is 8.36. The van der Waals surface area contributed by atoms with Gasteiger partial charge in [-0.05, 0) is 42.3 Å². The Morgan fingerprint density at radius 2 is 2.00 bits per heavy atom. The summed E-state index contributed by atoms with van der Waals surface area (Å²) in [6.07, 6.45) is 0.487. The van der Waals surface area contributed by atoms with E-state index >= 15 is 0 Å². The lowest BCUT2D eigenvalue weighted by Crippen LogP contribution is -2.53. The number of halogens is 2. The van der Waals surface area contributed by atoms with E-state index in [4.69, 9.17) is 4.74 Å². The Bertz CT molecular complexity index is 981. The summed E-state index contributed by atoms with van der Waals surface area (Å²) >= 11 is 3.34. The van der Waals surface area contributed by atoms with E-state index in [-0.39, 0.29) is 36.6 Å². The molecule has 0 spiro atoms. The molecule has 1 N–H and O–H groups in total. The molecule has 6 nitrogen and oxygen atoms in total. The fourth-order valence-electron chi connectivity index (χ4n) is 3.97. The SMILES string of the molecule is O=C(NC(Cc1ccc(F)cc1)C(=O)N1CCC2OCC(=O)C21)c1cccc(Br)c1. The number of rotatable bonds is 5. The summed E-state index contributed by atoms with van der Waals surface area (Å²) in [7, 11) is 0. The minimum Gasteiger partial charge on any atom is -0.368 e. The Kier molecular flexibility index (Phi) is 5.97. The Labute approximate surface area is 181 Å². The molecule has 2 fully saturated rings. The van der Waals surface area contributed by atoms with Crippen LogP contribution in [-0.2, 0) is 20.7 Å². The third-order valence-corrected chi connectivity index (χ3v) is 5.93. The number of amides is 2. The number of hydrogen-bond donors (Lipinski definition) is 1. The van der Waals surface area contributed by atoms with E-state index in [9.17, 15) is 18.8 Å². The number of carbonyl (C=O) groups is 3. The van der Waals surface area contributed by atoms with Gasteiger partial charge in [0.15, 0.2) is 5.78 Å². The van der Waals surface area contributed by atoms with Gasteiger partial charge in [0.25, 0.3) is 5.91 Å². The van der Waals surface area contributed by atoms with Crippen LogP contribution in [0.4, 0.5) is 4.39 Å². The van der Waals surface area contributed by atoms with Crippen LogP contribution < -0.4 is 5.32 Å². The summed E-state index contributed by atoms with van der Waals surface area (Å²) in [6, 6.07) is 11.1. The number of likely N-dealkylation sites (tertiary alicyclic amines) is 1. The first-order valence-electron chi connectivity index (χ1n) is 9.68. The number of hydrogen-bond acceptors (Lipinski definition) is 4. The monoisotopic (exact) mass is 474 g/mol. The van der Waals surface area contributed by atoms with Crippen molar-refractivity contribution in [3.8, 4) is 0 Å². The summed E-state index contributed by atoms with van der Waals surface area (Å²) in [6.45, 7) is 0.402. The average Bonchev–Trinajstić information content (AvgIpc) is 3.31. The van der Waals surface area contributed by atoms with Crippen LogP contribution in [0.3, 0.4) is 0 Å². The Balaban J connectivity index is 1.57. The molecule has 2 aliphatic rings. The number of Topliss-reactive ketones (excluding diaryl/α,β-unsaturated/α-hetero) is 1. The Morgan fingerprint density at radius 1 is 1.23 bits per heavy atom. The molecule has 0 aromatic heterocycles. The van der Waals surface area contributed by atoms with Crippen LogP contribution in [0.2, 0.25) is 0 Å². The standard InChI is InChI=1S/C22H20BrFN2O4/c23-15-3-1-2-14(11-15)21(28)25-17(10-13-4-6-16(24)7-5-13)22(29)26-9-8-19-20(26)18(27)12-30-19/h1-7,11,17,19-20H,8-10,12H2,(H,25,28). The van der Waals surface area contributed by atoms with Crippen molar-refractivity contribution in [3.05, 3.63) is 69.9 Å². The van der Waals surface area contributed by atoms with Gasteiger partial charge in [0.2, 0.25) is 5.91 Å². The van der Waals surface area contributed by atoms with Crippen LogP contribution >= 0.6 is 15.9 Å². The number of ketones is 1. The van der Waals surface area contributed by atoms with Gasteiger partial charge < -0.3 is 15.0 Å². The highest BCUT2D eigenvalue weighted by molar-refractivity contribution is 9.10. The number of nitrogens with one attached hydrogen (secondary N) is 1. The summed E-state index contributed by atoms with van der Waals surface area (Å²) < 4.78 is 19.5. The fourth-order valence-corrected chi connectivity index (χ4v) is 4.37. The van der Waals surface area contributed by atoms with Gasteiger partial charge in [-0.25, -0.2) is 4.39 Å². The van der Waals surface area contributed by atoms with E-state index in [0.717, 1.165) is 4.47 Å². The molecular formula is C22H20BrFN2O4. The maximum absolute atomic E-state index is 13.4. The first kappa shape index (κ1) is 20.7. The summed E-state index contributed by atoms with van der Waals surface area (Å²) in [4.78, 5) is 39.9. The van der Waals surface area contributed by atoms with Gasteiger partial charge in [-0.2, -0.15) is 0 Å². The lowest BCUT2D eigenvalue weighted by atomic mass is 10.0. The maximum Gasteiger partial charge on any atom is 0.251 e. The van der Waals surface area contributed by atoms with Crippen LogP contribution in [-0.4, -0.2) is 53.8 Å². The molecule has 2 aromatic rings. The van der Waals surface area contributed by atoms with Crippen molar-refractivity contribution >= 4 is 33.5 Å². The van der Waals surface area contributed by atoms with Crippen molar-refractivity contribution in [2.75, 3.05) is 13.2 Å². The first-order valence-corrected chi connectivity index (χ1v) is 10.5. The molecule has 3 unspecified atom stereocenters. The molecular weight excluding hydrogens is 455 g/mol. The van der Waals surface area contributed by atoms with Crippen molar-refractivity contribution in [2.24, 2.45) is 0 Å². The number of nitrogens with zero attached hydrogens (tertiary/aromatic N) is 1. The third kappa shape index (κ3) is 4.29. The second kappa shape index (κ2) is 8.65. The zero-order chi connectivity index (χ0) is 21.3. The molecule has 3 atom stereocenters. The largest absolute Gasteiger partial charge is 0.368 e.